The van der Waals surface area contributed by atoms with Crippen LogP contribution < -0.4 is 11.4 Å². The standard InChI is InChI=1S/C23H25N3O6/c1-11-12(2)20(29)23(3)15(19(11)28)9-16-14(18(23)17-6-5-13(10-27)32-17)7-8-25-21(30)24(4)22(31)26(16)25/h5-7,15-16,18,27H,8-10H2,1-4H3/t15-,16+,18+,23+/m0/s1. The van der Waals surface area contributed by atoms with Crippen LogP contribution >= 0.6 is 0 Å². The van der Waals surface area contributed by atoms with Gasteiger partial charge < -0.3 is 9.52 Å². The van der Waals surface area contributed by atoms with Gasteiger partial charge in [0, 0.05) is 13.0 Å². The molecule has 2 aromatic rings. The zero-order chi connectivity index (χ0) is 23.1. The van der Waals surface area contributed by atoms with Crippen molar-refractivity contribution in [3.63, 3.8) is 0 Å². The molecule has 0 amide bonds. The summed E-state index contributed by atoms with van der Waals surface area (Å²) in [6, 6.07) is 2.81. The highest BCUT2D eigenvalue weighted by Crippen LogP contribution is 2.60. The Morgan fingerprint density at radius 3 is 2.50 bits per heavy atom. The Labute approximate surface area is 183 Å². The van der Waals surface area contributed by atoms with Gasteiger partial charge in [-0.15, -0.1) is 0 Å². The highest BCUT2D eigenvalue weighted by molar-refractivity contribution is 6.15. The fourth-order valence-electron chi connectivity index (χ4n) is 5.89. The Morgan fingerprint density at radius 2 is 1.84 bits per heavy atom. The Bertz CT molecular complexity index is 1360. The Kier molecular flexibility index (Phi) is 4.30. The van der Waals surface area contributed by atoms with Gasteiger partial charge in [0.2, 0.25) is 0 Å². The second kappa shape index (κ2) is 6.65. The second-order valence-corrected chi connectivity index (χ2v) is 9.18. The predicted molar refractivity (Wildman–Crippen MR) is 113 cm³/mol. The van der Waals surface area contributed by atoms with Crippen molar-refractivity contribution in [1.82, 2.24) is 13.9 Å². The maximum absolute atomic E-state index is 13.7. The summed E-state index contributed by atoms with van der Waals surface area (Å²) in [5.74, 6) is -0.708. The quantitative estimate of drug-likeness (QED) is 0.703. The maximum atomic E-state index is 13.7. The van der Waals surface area contributed by atoms with Gasteiger partial charge in [-0.25, -0.2) is 23.5 Å². The van der Waals surface area contributed by atoms with E-state index in [0.29, 0.717) is 22.7 Å². The Hall–Kier alpha value is -3.20. The van der Waals surface area contributed by atoms with E-state index < -0.39 is 34.7 Å². The van der Waals surface area contributed by atoms with Crippen LogP contribution in [0.1, 0.15) is 50.7 Å². The van der Waals surface area contributed by atoms with Crippen LogP contribution in [0.25, 0.3) is 0 Å². The number of aliphatic hydroxyl groups is 1. The number of Topliss-reactive ketones (excluding diaryl/α,β-unsaturated/α-hetero) is 2. The van der Waals surface area contributed by atoms with Crippen molar-refractivity contribution in [3.8, 4) is 0 Å². The molecular formula is C23H25N3O6. The highest BCUT2D eigenvalue weighted by atomic mass is 16.4. The predicted octanol–water partition coefficient (Wildman–Crippen LogP) is 1.21. The lowest BCUT2D eigenvalue weighted by molar-refractivity contribution is -0.140. The summed E-state index contributed by atoms with van der Waals surface area (Å²) in [4.78, 5) is 52.6. The average molecular weight is 439 g/mol. The van der Waals surface area contributed by atoms with E-state index in [4.69, 9.17) is 4.42 Å². The smallest absolute Gasteiger partial charge is 0.347 e. The summed E-state index contributed by atoms with van der Waals surface area (Å²) < 4.78 is 9.74. The number of aromatic nitrogens is 3. The van der Waals surface area contributed by atoms with Crippen LogP contribution in [0.2, 0.25) is 0 Å². The number of carbonyl (C=O) groups is 2. The van der Waals surface area contributed by atoms with Crippen LogP contribution in [0.15, 0.2) is 48.9 Å². The molecular weight excluding hydrogens is 414 g/mol. The minimum absolute atomic E-state index is 0.116. The van der Waals surface area contributed by atoms with E-state index >= 15 is 0 Å². The first-order valence-electron chi connectivity index (χ1n) is 10.7. The van der Waals surface area contributed by atoms with Crippen LogP contribution in [0.3, 0.4) is 0 Å². The molecule has 4 atom stereocenters. The van der Waals surface area contributed by atoms with E-state index in [1.54, 1.807) is 32.9 Å². The molecule has 3 heterocycles. The monoisotopic (exact) mass is 439 g/mol. The molecule has 9 heteroatoms. The van der Waals surface area contributed by atoms with Crippen molar-refractivity contribution in [2.45, 2.75) is 52.3 Å². The lowest BCUT2D eigenvalue weighted by Crippen LogP contribution is -2.55. The van der Waals surface area contributed by atoms with Crippen LogP contribution in [0.5, 0.6) is 0 Å². The molecule has 2 aromatic heterocycles. The van der Waals surface area contributed by atoms with E-state index in [9.17, 15) is 24.3 Å². The summed E-state index contributed by atoms with van der Waals surface area (Å²) in [6.45, 7) is 5.03. The molecule has 32 heavy (non-hydrogen) atoms. The third-order valence-electron chi connectivity index (χ3n) is 7.75. The van der Waals surface area contributed by atoms with Gasteiger partial charge in [0.05, 0.1) is 23.9 Å². The number of fused-ring (bicyclic) bond motifs is 4. The SMILES string of the molecule is CC1=C(C)C(=O)[C@@]2(C)[C@@H](c3ccc(CO)o3)C3=CCn4c(=O)n(C)c(=O)n4[C@@H]3C[C@H]2C1=O. The number of hydrogen-bond donors (Lipinski definition) is 1. The van der Waals surface area contributed by atoms with Crippen LogP contribution in [0.4, 0.5) is 0 Å². The number of rotatable bonds is 2. The highest BCUT2D eigenvalue weighted by Gasteiger charge is 2.61. The normalized spacial score (nSPS) is 29.5. The molecule has 1 N–H and O–H groups in total. The molecule has 9 nitrogen and oxygen atoms in total. The van der Waals surface area contributed by atoms with Crippen LogP contribution in [0, 0.1) is 11.3 Å². The number of allylic oxidation sites excluding steroid dienone is 4. The molecule has 0 aromatic carbocycles. The first-order chi connectivity index (χ1) is 15.1. The second-order valence-electron chi connectivity index (χ2n) is 9.18. The number of nitrogens with zero attached hydrogens (tertiary/aromatic N) is 3. The number of furan rings is 1. The van der Waals surface area contributed by atoms with Gasteiger partial charge in [-0.2, -0.15) is 0 Å². The minimum Gasteiger partial charge on any atom is -0.463 e. The van der Waals surface area contributed by atoms with Gasteiger partial charge in [0.15, 0.2) is 11.6 Å². The lowest BCUT2D eigenvalue weighted by Gasteiger charge is -2.52. The summed E-state index contributed by atoms with van der Waals surface area (Å²) in [7, 11) is 1.43. The summed E-state index contributed by atoms with van der Waals surface area (Å²) >= 11 is 0. The molecule has 1 saturated carbocycles. The van der Waals surface area contributed by atoms with E-state index in [-0.39, 0.29) is 31.1 Å². The molecule has 1 fully saturated rings. The van der Waals surface area contributed by atoms with Crippen molar-refractivity contribution >= 4 is 11.6 Å². The molecule has 2 aliphatic carbocycles. The van der Waals surface area contributed by atoms with Crippen molar-refractivity contribution in [2.24, 2.45) is 18.4 Å². The topological polar surface area (TPSA) is 116 Å². The fourth-order valence-corrected chi connectivity index (χ4v) is 5.89. The van der Waals surface area contributed by atoms with Gasteiger partial charge >= 0.3 is 11.4 Å². The lowest BCUT2D eigenvalue weighted by atomic mass is 9.50. The Morgan fingerprint density at radius 1 is 1.12 bits per heavy atom. The molecule has 5 rings (SSSR count). The molecule has 3 aliphatic rings. The Balaban J connectivity index is 1.79. The van der Waals surface area contributed by atoms with Crippen molar-refractivity contribution in [2.75, 3.05) is 0 Å². The molecule has 0 radical (unpaired) electrons. The molecule has 0 saturated heterocycles. The molecule has 1 aliphatic heterocycles. The number of hydrogen-bond acceptors (Lipinski definition) is 6. The van der Waals surface area contributed by atoms with Gasteiger partial charge in [-0.1, -0.05) is 13.0 Å². The number of carbonyl (C=O) groups excluding carboxylic acids is 2. The summed E-state index contributed by atoms with van der Waals surface area (Å²) in [6.07, 6.45) is 2.11. The summed E-state index contributed by atoms with van der Waals surface area (Å²) in [5, 5.41) is 9.53. The minimum atomic E-state index is -1.10. The van der Waals surface area contributed by atoms with Crippen LogP contribution in [-0.4, -0.2) is 30.6 Å². The van der Waals surface area contributed by atoms with E-state index in [2.05, 4.69) is 0 Å². The van der Waals surface area contributed by atoms with Crippen molar-refractivity contribution in [1.29, 1.82) is 0 Å². The molecule has 0 bridgehead atoms. The third kappa shape index (κ3) is 2.37. The maximum Gasteiger partial charge on any atom is 0.347 e. The fraction of sp³-hybridized carbons (Fsp3) is 0.478. The number of ketones is 2. The van der Waals surface area contributed by atoms with Crippen LogP contribution in [-0.2, 0) is 29.8 Å². The molecule has 0 unspecified atom stereocenters. The third-order valence-corrected chi connectivity index (χ3v) is 7.75. The van der Waals surface area contributed by atoms with Gasteiger partial charge in [0.25, 0.3) is 0 Å². The largest absolute Gasteiger partial charge is 0.463 e. The first kappa shape index (κ1) is 20.7. The summed E-state index contributed by atoms with van der Waals surface area (Å²) in [5.41, 5.74) is -0.322. The van der Waals surface area contributed by atoms with E-state index in [1.807, 2.05) is 6.08 Å². The van der Waals surface area contributed by atoms with E-state index in [1.165, 1.54) is 16.4 Å². The van der Waals surface area contributed by atoms with Gasteiger partial charge in [0.1, 0.15) is 18.1 Å². The first-order valence-corrected chi connectivity index (χ1v) is 10.7. The van der Waals surface area contributed by atoms with Crippen molar-refractivity contribution in [3.05, 3.63) is 67.4 Å². The van der Waals surface area contributed by atoms with E-state index in [0.717, 1.165) is 10.1 Å². The molecule has 168 valence electrons. The van der Waals surface area contributed by atoms with Gasteiger partial charge in [-0.3, -0.25) is 9.59 Å². The average Bonchev–Trinajstić information content (AvgIpc) is 3.34. The van der Waals surface area contributed by atoms with Crippen molar-refractivity contribution < 1.29 is 19.1 Å². The van der Waals surface area contributed by atoms with Gasteiger partial charge in [-0.05, 0) is 49.1 Å². The molecule has 0 spiro atoms. The zero-order valence-corrected chi connectivity index (χ0v) is 18.4. The number of aliphatic hydroxyl groups excluding tert-OH is 1. The zero-order valence-electron chi connectivity index (χ0n) is 18.4.